The Morgan fingerprint density at radius 3 is 2.65 bits per heavy atom. The molecule has 6 heteroatoms. The maximum absolute atomic E-state index is 12.8. The summed E-state index contributed by atoms with van der Waals surface area (Å²) in [6.07, 6.45) is -3.34. The normalized spacial score (nSPS) is 21.9. The molecule has 1 aliphatic rings. The number of anilines is 1. The molecule has 0 saturated carbocycles. The van der Waals surface area contributed by atoms with E-state index < -0.39 is 12.1 Å². The lowest BCUT2D eigenvalue weighted by molar-refractivity contribution is -0.175. The SMILES string of the molecule is CC(N)c1ccc(N2CCCC(C(F)(F)F)C2)c(Br)c1. The second-order valence-corrected chi connectivity index (χ2v) is 6.18. The van der Waals surface area contributed by atoms with Crippen molar-refractivity contribution in [3.05, 3.63) is 28.2 Å². The van der Waals surface area contributed by atoms with E-state index in [1.807, 2.05) is 25.1 Å². The molecule has 1 saturated heterocycles. The molecular weight excluding hydrogens is 333 g/mol. The molecule has 2 N–H and O–H groups in total. The minimum absolute atomic E-state index is 0.0274. The Morgan fingerprint density at radius 2 is 2.10 bits per heavy atom. The van der Waals surface area contributed by atoms with Crippen LogP contribution in [0.1, 0.15) is 31.4 Å². The van der Waals surface area contributed by atoms with E-state index in [0.717, 1.165) is 15.7 Å². The summed E-state index contributed by atoms with van der Waals surface area (Å²) in [7, 11) is 0. The van der Waals surface area contributed by atoms with Gasteiger partial charge in [0, 0.05) is 23.6 Å². The maximum Gasteiger partial charge on any atom is 0.393 e. The third-order valence-electron chi connectivity index (χ3n) is 3.72. The number of rotatable bonds is 2. The monoisotopic (exact) mass is 350 g/mol. The van der Waals surface area contributed by atoms with Gasteiger partial charge in [0.15, 0.2) is 0 Å². The Bertz CT molecular complexity index is 474. The average Bonchev–Trinajstić information content (AvgIpc) is 2.37. The number of piperidine rings is 1. The van der Waals surface area contributed by atoms with Crippen LogP contribution in [0.5, 0.6) is 0 Å². The first-order chi connectivity index (χ1) is 9.29. The second-order valence-electron chi connectivity index (χ2n) is 5.33. The molecule has 0 spiro atoms. The standard InChI is InChI=1S/C14H18BrF3N2/c1-9(19)10-4-5-13(12(15)7-10)20-6-2-3-11(8-20)14(16,17)18/h4-5,7,9,11H,2-3,6,8,19H2,1H3. The van der Waals surface area contributed by atoms with Gasteiger partial charge in [0.05, 0.1) is 11.6 Å². The predicted octanol–water partition coefficient (Wildman–Crippen LogP) is 4.25. The van der Waals surface area contributed by atoms with Gasteiger partial charge in [-0.15, -0.1) is 0 Å². The predicted molar refractivity (Wildman–Crippen MR) is 77.7 cm³/mol. The zero-order valence-corrected chi connectivity index (χ0v) is 12.8. The fourth-order valence-corrected chi connectivity index (χ4v) is 3.17. The molecule has 0 radical (unpaired) electrons. The van der Waals surface area contributed by atoms with Crippen LogP contribution in [0, 0.1) is 5.92 Å². The number of nitrogens with zero attached hydrogens (tertiary/aromatic N) is 1. The zero-order chi connectivity index (χ0) is 14.9. The molecule has 112 valence electrons. The van der Waals surface area contributed by atoms with Crippen LogP contribution in [0.4, 0.5) is 18.9 Å². The maximum atomic E-state index is 12.8. The van der Waals surface area contributed by atoms with Gasteiger partial charge in [0.1, 0.15) is 0 Å². The molecule has 1 fully saturated rings. The number of hydrogen-bond acceptors (Lipinski definition) is 2. The molecule has 0 aliphatic carbocycles. The van der Waals surface area contributed by atoms with Crippen LogP contribution in [0.2, 0.25) is 0 Å². The van der Waals surface area contributed by atoms with E-state index in [0.29, 0.717) is 13.0 Å². The molecule has 0 amide bonds. The van der Waals surface area contributed by atoms with Crippen LogP contribution in [-0.4, -0.2) is 19.3 Å². The van der Waals surface area contributed by atoms with E-state index in [4.69, 9.17) is 5.73 Å². The summed E-state index contributed by atoms with van der Waals surface area (Å²) >= 11 is 3.44. The number of benzene rings is 1. The fourth-order valence-electron chi connectivity index (χ4n) is 2.53. The van der Waals surface area contributed by atoms with E-state index in [-0.39, 0.29) is 19.0 Å². The first-order valence-corrected chi connectivity index (χ1v) is 7.45. The Kier molecular flexibility index (Phi) is 4.64. The van der Waals surface area contributed by atoms with Gasteiger partial charge in [0.2, 0.25) is 0 Å². The van der Waals surface area contributed by atoms with E-state index in [1.165, 1.54) is 0 Å². The number of alkyl halides is 3. The molecule has 2 nitrogen and oxygen atoms in total. The van der Waals surface area contributed by atoms with Crippen molar-refractivity contribution in [2.75, 3.05) is 18.0 Å². The molecule has 2 atom stereocenters. The molecule has 1 aliphatic heterocycles. The van der Waals surface area contributed by atoms with Crippen molar-refractivity contribution in [3.63, 3.8) is 0 Å². The number of halogens is 4. The summed E-state index contributed by atoms with van der Waals surface area (Å²) in [6.45, 7) is 2.56. The van der Waals surface area contributed by atoms with Gasteiger partial charge in [-0.1, -0.05) is 6.07 Å². The first kappa shape index (κ1) is 15.6. The topological polar surface area (TPSA) is 29.3 Å². The van der Waals surface area contributed by atoms with E-state index in [2.05, 4.69) is 15.9 Å². The molecule has 0 bridgehead atoms. The van der Waals surface area contributed by atoms with Gasteiger partial charge >= 0.3 is 6.18 Å². The Labute approximate surface area is 125 Å². The molecule has 1 aromatic carbocycles. The van der Waals surface area contributed by atoms with Crippen LogP contribution in [0.25, 0.3) is 0 Å². The summed E-state index contributed by atoms with van der Waals surface area (Å²) in [5, 5.41) is 0. The largest absolute Gasteiger partial charge is 0.393 e. The first-order valence-electron chi connectivity index (χ1n) is 6.65. The molecule has 2 unspecified atom stereocenters. The van der Waals surface area contributed by atoms with Gasteiger partial charge in [-0.05, 0) is 53.4 Å². The highest BCUT2D eigenvalue weighted by Crippen LogP contribution is 2.37. The smallest absolute Gasteiger partial charge is 0.370 e. The second kappa shape index (κ2) is 5.93. The van der Waals surface area contributed by atoms with Gasteiger partial charge in [-0.2, -0.15) is 13.2 Å². The highest BCUT2D eigenvalue weighted by molar-refractivity contribution is 9.10. The van der Waals surface area contributed by atoms with Gasteiger partial charge in [-0.3, -0.25) is 0 Å². The lowest BCUT2D eigenvalue weighted by Crippen LogP contribution is -2.41. The lowest BCUT2D eigenvalue weighted by Gasteiger charge is -2.36. The van der Waals surface area contributed by atoms with Crippen LogP contribution in [0.15, 0.2) is 22.7 Å². The molecule has 1 aromatic rings. The van der Waals surface area contributed by atoms with Gasteiger partial charge < -0.3 is 10.6 Å². The molecular formula is C14H18BrF3N2. The Balaban J connectivity index is 2.19. The lowest BCUT2D eigenvalue weighted by atomic mass is 9.97. The van der Waals surface area contributed by atoms with E-state index >= 15 is 0 Å². The summed E-state index contributed by atoms with van der Waals surface area (Å²) in [4.78, 5) is 1.80. The quantitative estimate of drug-likeness (QED) is 0.863. The van der Waals surface area contributed by atoms with Gasteiger partial charge in [0.25, 0.3) is 0 Å². The van der Waals surface area contributed by atoms with Crippen molar-refractivity contribution < 1.29 is 13.2 Å². The Hall–Kier alpha value is -0.750. The van der Waals surface area contributed by atoms with Crippen LogP contribution >= 0.6 is 15.9 Å². The number of hydrogen-bond donors (Lipinski definition) is 1. The summed E-state index contributed by atoms with van der Waals surface area (Å²) in [5.41, 5.74) is 7.58. The van der Waals surface area contributed by atoms with Crippen molar-refractivity contribution in [1.82, 2.24) is 0 Å². The fraction of sp³-hybridized carbons (Fsp3) is 0.571. The van der Waals surface area contributed by atoms with Crippen molar-refractivity contribution in [2.45, 2.75) is 32.0 Å². The van der Waals surface area contributed by atoms with Gasteiger partial charge in [-0.25, -0.2) is 0 Å². The third kappa shape index (κ3) is 3.47. The van der Waals surface area contributed by atoms with Crippen molar-refractivity contribution in [2.24, 2.45) is 11.7 Å². The highest BCUT2D eigenvalue weighted by Gasteiger charge is 2.42. The van der Waals surface area contributed by atoms with Crippen LogP contribution in [-0.2, 0) is 0 Å². The summed E-state index contributed by atoms with van der Waals surface area (Å²) < 4.78 is 39.3. The molecule has 2 rings (SSSR count). The van der Waals surface area contributed by atoms with Crippen molar-refractivity contribution in [1.29, 1.82) is 0 Å². The molecule has 0 aromatic heterocycles. The Morgan fingerprint density at radius 1 is 1.40 bits per heavy atom. The van der Waals surface area contributed by atoms with Crippen LogP contribution in [0.3, 0.4) is 0 Å². The third-order valence-corrected chi connectivity index (χ3v) is 4.36. The molecule has 20 heavy (non-hydrogen) atoms. The minimum atomic E-state index is -4.11. The summed E-state index contributed by atoms with van der Waals surface area (Å²) in [6, 6.07) is 5.52. The minimum Gasteiger partial charge on any atom is -0.370 e. The zero-order valence-electron chi connectivity index (χ0n) is 11.3. The van der Waals surface area contributed by atoms with Crippen molar-refractivity contribution >= 4 is 21.6 Å². The highest BCUT2D eigenvalue weighted by atomic mass is 79.9. The number of nitrogens with two attached hydrogens (primary N) is 1. The van der Waals surface area contributed by atoms with E-state index in [9.17, 15) is 13.2 Å². The van der Waals surface area contributed by atoms with Crippen LogP contribution < -0.4 is 10.6 Å². The average molecular weight is 351 g/mol. The van der Waals surface area contributed by atoms with Crippen molar-refractivity contribution in [3.8, 4) is 0 Å². The summed E-state index contributed by atoms with van der Waals surface area (Å²) in [5.74, 6) is -1.24. The van der Waals surface area contributed by atoms with E-state index in [1.54, 1.807) is 4.90 Å². The molecule has 1 heterocycles.